The number of furan rings is 1. The van der Waals surface area contributed by atoms with E-state index in [4.69, 9.17) is 4.42 Å². The molecule has 66 valence electrons. The zero-order chi connectivity index (χ0) is 8.55. The molecule has 0 radical (unpaired) electrons. The van der Waals surface area contributed by atoms with Crippen molar-refractivity contribution in [2.75, 3.05) is 13.1 Å². The molecule has 1 aromatic rings. The summed E-state index contributed by atoms with van der Waals surface area (Å²) in [7, 11) is 0. The molecule has 2 heterocycles. The van der Waals surface area contributed by atoms with Gasteiger partial charge in [-0.2, -0.15) is 0 Å². The van der Waals surface area contributed by atoms with E-state index in [1.807, 2.05) is 6.07 Å². The molecule has 0 fully saturated rings. The summed E-state index contributed by atoms with van der Waals surface area (Å²) in [5.74, 6) is 0.750. The average molecular weight is 167 g/mol. The molecule has 0 amide bonds. The first-order chi connectivity index (χ1) is 5.81. The number of nitrogens with zero attached hydrogens (tertiary/aromatic N) is 1. The van der Waals surface area contributed by atoms with Crippen molar-refractivity contribution in [3.05, 3.63) is 23.7 Å². The number of hydrogen-bond donors (Lipinski definition) is 1. The van der Waals surface area contributed by atoms with Crippen LogP contribution in [0.25, 0.3) is 0 Å². The summed E-state index contributed by atoms with van der Waals surface area (Å²) in [4.78, 5) is 2.20. The van der Waals surface area contributed by atoms with Crippen molar-refractivity contribution in [3.8, 4) is 0 Å². The molecule has 1 aliphatic rings. The van der Waals surface area contributed by atoms with Crippen LogP contribution in [0.1, 0.15) is 24.4 Å². The van der Waals surface area contributed by atoms with Crippen LogP contribution < -0.4 is 0 Å². The lowest BCUT2D eigenvalue weighted by Crippen LogP contribution is -2.32. The molecule has 1 atom stereocenters. The SMILES string of the molecule is CCN1Cc2ccoc2C(O)C1. The topological polar surface area (TPSA) is 36.6 Å². The molecule has 0 saturated heterocycles. The van der Waals surface area contributed by atoms with E-state index >= 15 is 0 Å². The Labute approximate surface area is 71.6 Å². The average Bonchev–Trinajstić information content (AvgIpc) is 2.52. The van der Waals surface area contributed by atoms with Gasteiger partial charge in [0, 0.05) is 18.7 Å². The van der Waals surface area contributed by atoms with Gasteiger partial charge in [0.15, 0.2) is 0 Å². The van der Waals surface area contributed by atoms with Crippen LogP contribution in [0.5, 0.6) is 0 Å². The molecule has 2 rings (SSSR count). The molecule has 3 heteroatoms. The standard InChI is InChI=1S/C9H13NO2/c1-2-10-5-7-3-4-12-9(7)8(11)6-10/h3-4,8,11H,2,5-6H2,1H3. The fraction of sp³-hybridized carbons (Fsp3) is 0.556. The number of likely N-dealkylation sites (N-methyl/N-ethyl adjacent to an activating group) is 1. The van der Waals surface area contributed by atoms with Gasteiger partial charge < -0.3 is 9.52 Å². The van der Waals surface area contributed by atoms with Gasteiger partial charge in [-0.05, 0) is 12.6 Å². The number of β-amino-alcohol motifs (C(OH)–C–C–N with tert-alkyl or cyclic N) is 1. The monoisotopic (exact) mass is 167 g/mol. The third-order valence-electron chi connectivity index (χ3n) is 2.36. The molecule has 3 nitrogen and oxygen atoms in total. The van der Waals surface area contributed by atoms with Gasteiger partial charge in [-0.1, -0.05) is 6.92 Å². The number of fused-ring (bicyclic) bond motifs is 1. The van der Waals surface area contributed by atoms with Gasteiger partial charge in [-0.3, -0.25) is 4.90 Å². The highest BCUT2D eigenvalue weighted by atomic mass is 16.4. The Bertz CT molecular complexity index is 269. The van der Waals surface area contributed by atoms with Crippen molar-refractivity contribution in [3.63, 3.8) is 0 Å². The van der Waals surface area contributed by atoms with Crippen LogP contribution in [-0.2, 0) is 6.54 Å². The minimum absolute atomic E-state index is 0.441. The van der Waals surface area contributed by atoms with Crippen molar-refractivity contribution >= 4 is 0 Å². The van der Waals surface area contributed by atoms with Crippen LogP contribution in [-0.4, -0.2) is 23.1 Å². The minimum Gasteiger partial charge on any atom is -0.466 e. The highest BCUT2D eigenvalue weighted by molar-refractivity contribution is 5.21. The Morgan fingerprint density at radius 2 is 2.58 bits per heavy atom. The zero-order valence-electron chi connectivity index (χ0n) is 7.16. The van der Waals surface area contributed by atoms with Crippen molar-refractivity contribution in [2.45, 2.75) is 19.6 Å². The van der Waals surface area contributed by atoms with Crippen LogP contribution in [0.3, 0.4) is 0 Å². The maximum absolute atomic E-state index is 9.62. The first kappa shape index (κ1) is 7.83. The second-order valence-corrected chi connectivity index (χ2v) is 3.15. The molecule has 0 spiro atoms. The van der Waals surface area contributed by atoms with Gasteiger partial charge in [0.2, 0.25) is 0 Å². The molecule has 0 bridgehead atoms. The van der Waals surface area contributed by atoms with Crippen LogP contribution in [0, 0.1) is 0 Å². The van der Waals surface area contributed by atoms with E-state index in [-0.39, 0.29) is 0 Å². The van der Waals surface area contributed by atoms with Gasteiger partial charge in [0.1, 0.15) is 11.9 Å². The highest BCUT2D eigenvalue weighted by Gasteiger charge is 2.24. The van der Waals surface area contributed by atoms with Crippen LogP contribution in [0.15, 0.2) is 16.7 Å². The summed E-state index contributed by atoms with van der Waals surface area (Å²) in [5.41, 5.74) is 1.12. The third kappa shape index (κ3) is 1.15. The molecular weight excluding hydrogens is 154 g/mol. The van der Waals surface area contributed by atoms with Crippen LogP contribution in [0.2, 0.25) is 0 Å². The van der Waals surface area contributed by atoms with Crippen molar-refractivity contribution in [1.29, 1.82) is 0 Å². The molecule has 12 heavy (non-hydrogen) atoms. The normalized spacial score (nSPS) is 24.0. The number of hydrogen-bond acceptors (Lipinski definition) is 3. The Morgan fingerprint density at radius 1 is 1.75 bits per heavy atom. The molecule has 0 aliphatic carbocycles. The number of aliphatic hydroxyl groups is 1. The van der Waals surface area contributed by atoms with E-state index < -0.39 is 6.10 Å². The second kappa shape index (κ2) is 2.92. The van der Waals surface area contributed by atoms with Gasteiger partial charge in [0.25, 0.3) is 0 Å². The summed E-state index contributed by atoms with van der Waals surface area (Å²) in [5, 5.41) is 9.62. The van der Waals surface area contributed by atoms with Crippen LogP contribution in [0.4, 0.5) is 0 Å². The molecule has 1 unspecified atom stereocenters. The lowest BCUT2D eigenvalue weighted by molar-refractivity contribution is 0.0759. The molecule has 1 aromatic heterocycles. The maximum atomic E-state index is 9.62. The van der Waals surface area contributed by atoms with Crippen molar-refractivity contribution < 1.29 is 9.52 Å². The fourth-order valence-electron chi connectivity index (χ4n) is 1.64. The lowest BCUT2D eigenvalue weighted by atomic mass is 10.1. The molecule has 1 N–H and O–H groups in total. The van der Waals surface area contributed by atoms with E-state index in [0.29, 0.717) is 6.54 Å². The molecular formula is C9H13NO2. The van der Waals surface area contributed by atoms with Gasteiger partial charge in [-0.25, -0.2) is 0 Å². The summed E-state index contributed by atoms with van der Waals surface area (Å²) < 4.78 is 5.18. The minimum atomic E-state index is -0.441. The Balaban J connectivity index is 2.26. The number of aliphatic hydroxyl groups excluding tert-OH is 1. The maximum Gasteiger partial charge on any atom is 0.138 e. The lowest BCUT2D eigenvalue weighted by Gasteiger charge is -2.27. The van der Waals surface area contributed by atoms with E-state index in [2.05, 4.69) is 11.8 Å². The van der Waals surface area contributed by atoms with Gasteiger partial charge in [-0.15, -0.1) is 0 Å². The summed E-state index contributed by atoms with van der Waals surface area (Å²) in [6.45, 7) is 4.66. The molecule has 0 aromatic carbocycles. The van der Waals surface area contributed by atoms with Gasteiger partial charge >= 0.3 is 0 Å². The molecule has 1 aliphatic heterocycles. The summed E-state index contributed by atoms with van der Waals surface area (Å²) in [6.07, 6.45) is 1.20. The zero-order valence-corrected chi connectivity index (χ0v) is 7.16. The fourth-order valence-corrected chi connectivity index (χ4v) is 1.64. The summed E-state index contributed by atoms with van der Waals surface area (Å²) in [6, 6.07) is 1.93. The highest BCUT2D eigenvalue weighted by Crippen LogP contribution is 2.26. The van der Waals surface area contributed by atoms with E-state index in [0.717, 1.165) is 24.4 Å². The van der Waals surface area contributed by atoms with Crippen molar-refractivity contribution in [1.82, 2.24) is 4.90 Å². The second-order valence-electron chi connectivity index (χ2n) is 3.15. The Morgan fingerprint density at radius 3 is 3.33 bits per heavy atom. The quantitative estimate of drug-likeness (QED) is 0.681. The largest absolute Gasteiger partial charge is 0.466 e. The van der Waals surface area contributed by atoms with Gasteiger partial charge in [0.05, 0.1) is 6.26 Å². The first-order valence-electron chi connectivity index (χ1n) is 4.28. The predicted octanol–water partition coefficient (Wildman–Crippen LogP) is 1.15. The third-order valence-corrected chi connectivity index (χ3v) is 2.36. The Hall–Kier alpha value is -0.800. The summed E-state index contributed by atoms with van der Waals surface area (Å²) >= 11 is 0. The van der Waals surface area contributed by atoms with Crippen molar-refractivity contribution in [2.24, 2.45) is 0 Å². The first-order valence-corrected chi connectivity index (χ1v) is 4.28. The Kier molecular flexibility index (Phi) is 1.90. The van der Waals surface area contributed by atoms with E-state index in [1.54, 1.807) is 6.26 Å². The van der Waals surface area contributed by atoms with E-state index in [1.165, 1.54) is 0 Å². The van der Waals surface area contributed by atoms with Crippen LogP contribution >= 0.6 is 0 Å². The molecule has 0 saturated carbocycles. The number of rotatable bonds is 1. The van der Waals surface area contributed by atoms with E-state index in [9.17, 15) is 5.11 Å². The smallest absolute Gasteiger partial charge is 0.138 e. The predicted molar refractivity (Wildman–Crippen MR) is 44.6 cm³/mol.